The number of ether oxygens (including phenoxy) is 1. The van der Waals surface area contributed by atoms with Gasteiger partial charge in [0.1, 0.15) is 0 Å². The number of hydrogen-bond donors (Lipinski definition) is 0. The highest BCUT2D eigenvalue weighted by molar-refractivity contribution is 5.94. The van der Waals surface area contributed by atoms with E-state index in [1.165, 1.54) is 0 Å². The average Bonchev–Trinajstić information content (AvgIpc) is 2.42. The van der Waals surface area contributed by atoms with Gasteiger partial charge in [-0.1, -0.05) is 13.8 Å². The van der Waals surface area contributed by atoms with Crippen molar-refractivity contribution in [2.24, 2.45) is 5.92 Å². The summed E-state index contributed by atoms with van der Waals surface area (Å²) in [6.45, 7) is 5.95. The third-order valence-corrected chi connectivity index (χ3v) is 2.70. The molecule has 0 aliphatic heterocycles. The van der Waals surface area contributed by atoms with Crippen molar-refractivity contribution in [2.75, 3.05) is 26.8 Å². The van der Waals surface area contributed by atoms with E-state index in [9.17, 15) is 4.79 Å². The van der Waals surface area contributed by atoms with Crippen LogP contribution in [0.3, 0.4) is 0 Å². The summed E-state index contributed by atoms with van der Waals surface area (Å²) in [5, 5.41) is 8.75. The molecular formula is C15H20N2O2. The van der Waals surface area contributed by atoms with Gasteiger partial charge in [-0.25, -0.2) is 0 Å². The first kappa shape index (κ1) is 15.2. The summed E-state index contributed by atoms with van der Waals surface area (Å²) in [5.41, 5.74) is 1.17. The molecule has 0 atom stereocenters. The standard InChI is InChI=1S/C15H20N2O2/c1-12(2)11-17(8-9-19-3)15(18)14-6-4-13(10-16)5-7-14/h4-7,12H,8-9,11H2,1-3H3. The highest BCUT2D eigenvalue weighted by atomic mass is 16.5. The maximum absolute atomic E-state index is 12.4. The van der Waals surface area contributed by atoms with Crippen molar-refractivity contribution in [1.82, 2.24) is 4.90 Å². The number of amides is 1. The summed E-state index contributed by atoms with van der Waals surface area (Å²) >= 11 is 0. The molecule has 1 aromatic rings. The summed E-state index contributed by atoms with van der Waals surface area (Å²) in [7, 11) is 1.62. The molecule has 0 N–H and O–H groups in total. The fraction of sp³-hybridized carbons (Fsp3) is 0.467. The molecule has 0 aliphatic rings. The van der Waals surface area contributed by atoms with Gasteiger partial charge in [-0.05, 0) is 30.2 Å². The fourth-order valence-electron chi connectivity index (χ4n) is 1.79. The second-order valence-corrected chi connectivity index (χ2v) is 4.83. The molecule has 0 bridgehead atoms. The van der Waals surface area contributed by atoms with Crippen molar-refractivity contribution < 1.29 is 9.53 Å². The van der Waals surface area contributed by atoms with Gasteiger partial charge in [0.2, 0.25) is 0 Å². The van der Waals surface area contributed by atoms with E-state index in [0.29, 0.717) is 36.7 Å². The molecule has 1 rings (SSSR count). The molecule has 0 saturated carbocycles. The molecule has 102 valence electrons. The van der Waals surface area contributed by atoms with E-state index in [1.54, 1.807) is 36.3 Å². The maximum atomic E-state index is 12.4. The minimum Gasteiger partial charge on any atom is -0.383 e. The third kappa shape index (κ3) is 4.72. The highest BCUT2D eigenvalue weighted by Gasteiger charge is 2.16. The monoisotopic (exact) mass is 260 g/mol. The molecule has 0 saturated heterocycles. The number of benzene rings is 1. The Bertz CT molecular complexity index is 446. The second-order valence-electron chi connectivity index (χ2n) is 4.83. The first-order chi connectivity index (χ1) is 9.08. The minimum absolute atomic E-state index is 0.0183. The molecule has 4 heteroatoms. The Kier molecular flexibility index (Phi) is 6.04. The Morgan fingerprint density at radius 1 is 1.37 bits per heavy atom. The molecule has 0 spiro atoms. The van der Waals surface area contributed by atoms with Crippen molar-refractivity contribution >= 4 is 5.91 Å². The molecule has 19 heavy (non-hydrogen) atoms. The van der Waals surface area contributed by atoms with Crippen molar-refractivity contribution in [2.45, 2.75) is 13.8 Å². The van der Waals surface area contributed by atoms with Gasteiger partial charge in [0.25, 0.3) is 5.91 Å². The van der Waals surface area contributed by atoms with Crippen LogP contribution < -0.4 is 0 Å². The zero-order valence-electron chi connectivity index (χ0n) is 11.7. The van der Waals surface area contributed by atoms with Gasteiger partial charge >= 0.3 is 0 Å². The Hall–Kier alpha value is -1.86. The number of carbonyl (C=O) groups excluding carboxylic acids is 1. The number of carbonyl (C=O) groups is 1. The summed E-state index contributed by atoms with van der Waals surface area (Å²) in [6, 6.07) is 8.76. The lowest BCUT2D eigenvalue weighted by molar-refractivity contribution is 0.0672. The van der Waals surface area contributed by atoms with Gasteiger partial charge in [0.05, 0.1) is 18.2 Å². The van der Waals surface area contributed by atoms with Crippen molar-refractivity contribution in [3.8, 4) is 6.07 Å². The second kappa shape index (κ2) is 7.55. The van der Waals surface area contributed by atoms with E-state index in [2.05, 4.69) is 13.8 Å². The van der Waals surface area contributed by atoms with E-state index in [4.69, 9.17) is 10.00 Å². The van der Waals surface area contributed by atoms with Crippen molar-refractivity contribution in [3.05, 3.63) is 35.4 Å². The van der Waals surface area contributed by atoms with Crippen molar-refractivity contribution in [3.63, 3.8) is 0 Å². The Morgan fingerprint density at radius 3 is 2.47 bits per heavy atom. The topological polar surface area (TPSA) is 53.3 Å². The molecule has 0 fully saturated rings. The van der Waals surface area contributed by atoms with Crippen LogP contribution in [-0.2, 0) is 4.74 Å². The van der Waals surface area contributed by atoms with Crippen LogP contribution >= 0.6 is 0 Å². The Morgan fingerprint density at radius 2 is 2.00 bits per heavy atom. The van der Waals surface area contributed by atoms with Crippen LogP contribution in [0.25, 0.3) is 0 Å². The highest BCUT2D eigenvalue weighted by Crippen LogP contribution is 2.09. The van der Waals surface area contributed by atoms with Crippen LogP contribution in [0.1, 0.15) is 29.8 Å². The molecule has 1 aromatic carbocycles. The van der Waals surface area contributed by atoms with Gasteiger partial charge in [-0.3, -0.25) is 4.79 Å². The zero-order chi connectivity index (χ0) is 14.3. The first-order valence-electron chi connectivity index (χ1n) is 6.37. The van der Waals surface area contributed by atoms with Gasteiger partial charge in [-0.15, -0.1) is 0 Å². The summed E-state index contributed by atoms with van der Waals surface area (Å²) < 4.78 is 5.04. The summed E-state index contributed by atoms with van der Waals surface area (Å²) in [6.07, 6.45) is 0. The van der Waals surface area contributed by atoms with Crippen LogP contribution in [0.4, 0.5) is 0 Å². The van der Waals surface area contributed by atoms with E-state index in [0.717, 1.165) is 0 Å². The molecule has 0 heterocycles. The van der Waals surface area contributed by atoms with Crippen LogP contribution in [0, 0.1) is 17.2 Å². The molecular weight excluding hydrogens is 240 g/mol. The van der Waals surface area contributed by atoms with Gasteiger partial charge in [0, 0.05) is 25.8 Å². The lowest BCUT2D eigenvalue weighted by Gasteiger charge is -2.24. The largest absolute Gasteiger partial charge is 0.383 e. The van der Waals surface area contributed by atoms with E-state index >= 15 is 0 Å². The molecule has 1 amide bonds. The SMILES string of the molecule is COCCN(CC(C)C)C(=O)c1ccc(C#N)cc1. The van der Waals surface area contributed by atoms with Gasteiger partial charge in [0.15, 0.2) is 0 Å². The van der Waals surface area contributed by atoms with Crippen LogP contribution in [0.15, 0.2) is 24.3 Å². The van der Waals surface area contributed by atoms with Crippen molar-refractivity contribution in [1.29, 1.82) is 5.26 Å². The molecule has 0 radical (unpaired) electrons. The van der Waals surface area contributed by atoms with E-state index in [1.807, 2.05) is 6.07 Å². The predicted molar refractivity (Wildman–Crippen MR) is 73.8 cm³/mol. The number of rotatable bonds is 6. The fourth-order valence-corrected chi connectivity index (χ4v) is 1.79. The number of methoxy groups -OCH3 is 1. The summed E-state index contributed by atoms with van der Waals surface area (Å²) in [5.74, 6) is 0.384. The third-order valence-electron chi connectivity index (χ3n) is 2.70. The Labute approximate surface area is 114 Å². The van der Waals surface area contributed by atoms with Crippen LogP contribution in [0.2, 0.25) is 0 Å². The lowest BCUT2D eigenvalue weighted by atomic mass is 10.1. The molecule has 4 nitrogen and oxygen atoms in total. The maximum Gasteiger partial charge on any atom is 0.253 e. The number of nitrogens with zero attached hydrogens (tertiary/aromatic N) is 2. The molecule has 0 aliphatic carbocycles. The van der Waals surface area contributed by atoms with E-state index in [-0.39, 0.29) is 5.91 Å². The predicted octanol–water partition coefficient (Wildman–Crippen LogP) is 2.30. The first-order valence-corrected chi connectivity index (χ1v) is 6.37. The number of hydrogen-bond acceptors (Lipinski definition) is 3. The summed E-state index contributed by atoms with van der Waals surface area (Å²) in [4.78, 5) is 14.2. The van der Waals surface area contributed by atoms with Crippen LogP contribution in [-0.4, -0.2) is 37.6 Å². The normalized spacial score (nSPS) is 10.3. The van der Waals surface area contributed by atoms with E-state index < -0.39 is 0 Å². The van der Waals surface area contributed by atoms with Gasteiger partial charge < -0.3 is 9.64 Å². The lowest BCUT2D eigenvalue weighted by Crippen LogP contribution is -2.36. The Balaban J connectivity index is 2.81. The zero-order valence-corrected chi connectivity index (χ0v) is 11.7. The smallest absolute Gasteiger partial charge is 0.253 e. The molecule has 0 aromatic heterocycles. The van der Waals surface area contributed by atoms with Crippen LogP contribution in [0.5, 0.6) is 0 Å². The van der Waals surface area contributed by atoms with Gasteiger partial charge in [-0.2, -0.15) is 5.26 Å². The molecule has 0 unspecified atom stereocenters. The average molecular weight is 260 g/mol. The number of nitriles is 1. The minimum atomic E-state index is -0.0183. The quantitative estimate of drug-likeness (QED) is 0.788.